The van der Waals surface area contributed by atoms with Gasteiger partial charge in [0.05, 0.1) is 6.42 Å². The maximum atomic E-state index is 11.8. The number of rotatable bonds is 7. The van der Waals surface area contributed by atoms with Crippen LogP contribution >= 0.6 is 11.6 Å². The van der Waals surface area contributed by atoms with Gasteiger partial charge >= 0.3 is 5.97 Å². The van der Waals surface area contributed by atoms with E-state index in [1.807, 2.05) is 19.1 Å². The number of carboxylic acid groups (broad SMARTS) is 1. The van der Waals surface area contributed by atoms with E-state index in [-0.39, 0.29) is 24.7 Å². The first-order chi connectivity index (χ1) is 9.02. The Labute approximate surface area is 117 Å². The van der Waals surface area contributed by atoms with Crippen LogP contribution < -0.4 is 5.32 Å². The predicted molar refractivity (Wildman–Crippen MR) is 74.2 cm³/mol. The number of hydrogen-bond acceptors (Lipinski definition) is 2. The third-order valence-electron chi connectivity index (χ3n) is 2.94. The third-order valence-corrected chi connectivity index (χ3v) is 3.31. The first-order valence-electron chi connectivity index (χ1n) is 6.24. The Morgan fingerprint density at radius 1 is 1.37 bits per heavy atom. The molecule has 1 aromatic rings. The van der Waals surface area contributed by atoms with Crippen LogP contribution in [0.3, 0.4) is 0 Å². The number of carboxylic acids is 1. The van der Waals surface area contributed by atoms with Crippen molar-refractivity contribution < 1.29 is 14.7 Å². The molecule has 1 unspecified atom stereocenters. The predicted octanol–water partition coefficient (Wildman–Crippen LogP) is 2.50. The molecule has 1 rings (SSSR count). The van der Waals surface area contributed by atoms with Crippen LogP contribution in [0.4, 0.5) is 0 Å². The fourth-order valence-electron chi connectivity index (χ4n) is 1.74. The Kier molecular flexibility index (Phi) is 6.36. The second kappa shape index (κ2) is 7.79. The molecule has 0 bridgehead atoms. The van der Waals surface area contributed by atoms with Gasteiger partial charge in [-0.2, -0.15) is 0 Å². The van der Waals surface area contributed by atoms with E-state index in [0.717, 1.165) is 12.0 Å². The number of hydrogen-bond donors (Lipinski definition) is 2. The summed E-state index contributed by atoms with van der Waals surface area (Å²) in [5.74, 6) is -1.02. The highest BCUT2D eigenvalue weighted by atomic mass is 35.5. The smallest absolute Gasteiger partial charge is 0.303 e. The lowest BCUT2D eigenvalue weighted by Crippen LogP contribution is -2.31. The molecule has 0 spiro atoms. The van der Waals surface area contributed by atoms with Gasteiger partial charge in [-0.3, -0.25) is 9.59 Å². The normalized spacial score (nSPS) is 11.9. The Balaban J connectivity index is 2.43. The Morgan fingerprint density at radius 3 is 2.63 bits per heavy atom. The van der Waals surface area contributed by atoms with Crippen LogP contribution in [-0.2, 0) is 16.0 Å². The van der Waals surface area contributed by atoms with Crippen LogP contribution in [0.25, 0.3) is 0 Å². The molecule has 2 N–H and O–H groups in total. The fraction of sp³-hybridized carbons (Fsp3) is 0.429. The van der Waals surface area contributed by atoms with E-state index >= 15 is 0 Å². The van der Waals surface area contributed by atoms with Crippen molar-refractivity contribution in [2.24, 2.45) is 5.92 Å². The van der Waals surface area contributed by atoms with Gasteiger partial charge in [-0.25, -0.2) is 0 Å². The molecule has 0 saturated carbocycles. The highest BCUT2D eigenvalue weighted by Crippen LogP contribution is 2.15. The summed E-state index contributed by atoms with van der Waals surface area (Å²) in [6, 6.07) is 7.18. The molecule has 104 valence electrons. The minimum absolute atomic E-state index is 0.0345. The highest BCUT2D eigenvalue weighted by molar-refractivity contribution is 6.31. The molecule has 4 nitrogen and oxygen atoms in total. The van der Waals surface area contributed by atoms with Crippen LogP contribution in [0.2, 0.25) is 5.02 Å². The topological polar surface area (TPSA) is 66.4 Å². The van der Waals surface area contributed by atoms with Crippen molar-refractivity contribution in [3.8, 4) is 0 Å². The van der Waals surface area contributed by atoms with E-state index in [0.29, 0.717) is 11.6 Å². The van der Waals surface area contributed by atoms with E-state index in [2.05, 4.69) is 5.32 Å². The highest BCUT2D eigenvalue weighted by Gasteiger charge is 2.13. The second-order valence-corrected chi connectivity index (χ2v) is 4.85. The monoisotopic (exact) mass is 283 g/mol. The van der Waals surface area contributed by atoms with Gasteiger partial charge in [0.1, 0.15) is 0 Å². The van der Waals surface area contributed by atoms with Gasteiger partial charge < -0.3 is 10.4 Å². The Hall–Kier alpha value is -1.55. The maximum absolute atomic E-state index is 11.8. The molecule has 0 radical (unpaired) electrons. The minimum atomic E-state index is -0.841. The SMILES string of the molecule is CCC(CNC(=O)Cc1ccccc1Cl)CC(=O)O. The van der Waals surface area contributed by atoms with Crippen LogP contribution in [-0.4, -0.2) is 23.5 Å². The molecule has 1 aromatic carbocycles. The van der Waals surface area contributed by atoms with E-state index in [1.54, 1.807) is 12.1 Å². The molecule has 0 fully saturated rings. The third kappa shape index (κ3) is 5.75. The molecule has 0 heterocycles. The van der Waals surface area contributed by atoms with Crippen molar-refractivity contribution in [1.82, 2.24) is 5.32 Å². The fourth-order valence-corrected chi connectivity index (χ4v) is 1.95. The van der Waals surface area contributed by atoms with Gasteiger partial charge in [-0.05, 0) is 17.5 Å². The number of benzene rings is 1. The lowest BCUT2D eigenvalue weighted by atomic mass is 10.0. The molecule has 5 heteroatoms. The summed E-state index contributed by atoms with van der Waals surface area (Å²) in [6.07, 6.45) is 1.00. The van der Waals surface area contributed by atoms with Crippen molar-refractivity contribution >= 4 is 23.5 Å². The summed E-state index contributed by atoms with van der Waals surface area (Å²) in [6.45, 7) is 2.29. The van der Waals surface area contributed by atoms with Crippen molar-refractivity contribution in [1.29, 1.82) is 0 Å². The van der Waals surface area contributed by atoms with Crippen molar-refractivity contribution in [2.45, 2.75) is 26.2 Å². The molecule has 0 aliphatic heterocycles. The van der Waals surface area contributed by atoms with Crippen molar-refractivity contribution in [2.75, 3.05) is 6.54 Å². The van der Waals surface area contributed by atoms with Gasteiger partial charge in [0.15, 0.2) is 0 Å². The summed E-state index contributed by atoms with van der Waals surface area (Å²) in [7, 11) is 0. The summed E-state index contributed by atoms with van der Waals surface area (Å²) in [5.41, 5.74) is 0.771. The number of nitrogens with one attached hydrogen (secondary N) is 1. The lowest BCUT2D eigenvalue weighted by Gasteiger charge is -2.13. The maximum Gasteiger partial charge on any atom is 0.303 e. The van der Waals surface area contributed by atoms with Crippen LogP contribution in [0, 0.1) is 5.92 Å². The zero-order valence-electron chi connectivity index (χ0n) is 10.9. The summed E-state index contributed by atoms with van der Waals surface area (Å²) in [5, 5.41) is 12.0. The quantitative estimate of drug-likeness (QED) is 0.808. The minimum Gasteiger partial charge on any atom is -0.481 e. The van der Waals surface area contributed by atoms with E-state index in [1.165, 1.54) is 0 Å². The first kappa shape index (κ1) is 15.5. The molecule has 19 heavy (non-hydrogen) atoms. The molecule has 0 aromatic heterocycles. The summed E-state index contributed by atoms with van der Waals surface area (Å²) < 4.78 is 0. The average Bonchev–Trinajstić information content (AvgIpc) is 2.37. The Bertz CT molecular complexity index is 448. The van der Waals surface area contributed by atoms with Crippen LogP contribution in [0.15, 0.2) is 24.3 Å². The van der Waals surface area contributed by atoms with Gasteiger partial charge in [-0.1, -0.05) is 43.1 Å². The van der Waals surface area contributed by atoms with Crippen LogP contribution in [0.5, 0.6) is 0 Å². The second-order valence-electron chi connectivity index (χ2n) is 4.44. The summed E-state index contributed by atoms with van der Waals surface area (Å²) >= 11 is 5.97. The molecule has 0 aliphatic rings. The lowest BCUT2D eigenvalue weighted by molar-refractivity contribution is -0.138. The summed E-state index contributed by atoms with van der Waals surface area (Å²) in [4.78, 5) is 22.4. The molecule has 1 amide bonds. The molecule has 0 saturated heterocycles. The standard InChI is InChI=1S/C14H18ClNO3/c1-2-10(7-14(18)19)9-16-13(17)8-11-5-3-4-6-12(11)15/h3-6,10H,2,7-9H2,1H3,(H,16,17)(H,18,19). The largest absolute Gasteiger partial charge is 0.481 e. The molecular weight excluding hydrogens is 266 g/mol. The van der Waals surface area contributed by atoms with E-state index in [9.17, 15) is 9.59 Å². The van der Waals surface area contributed by atoms with Crippen LogP contribution in [0.1, 0.15) is 25.3 Å². The van der Waals surface area contributed by atoms with Crippen molar-refractivity contribution in [3.63, 3.8) is 0 Å². The van der Waals surface area contributed by atoms with E-state index in [4.69, 9.17) is 16.7 Å². The van der Waals surface area contributed by atoms with Gasteiger partial charge in [-0.15, -0.1) is 0 Å². The molecule has 0 aliphatic carbocycles. The van der Waals surface area contributed by atoms with Gasteiger partial charge in [0, 0.05) is 18.0 Å². The van der Waals surface area contributed by atoms with E-state index < -0.39 is 5.97 Å². The van der Waals surface area contributed by atoms with Gasteiger partial charge in [0.25, 0.3) is 0 Å². The molecule has 1 atom stereocenters. The number of amides is 1. The number of carbonyl (C=O) groups is 2. The first-order valence-corrected chi connectivity index (χ1v) is 6.62. The zero-order chi connectivity index (χ0) is 14.3. The molecular formula is C14H18ClNO3. The number of aliphatic carboxylic acids is 1. The van der Waals surface area contributed by atoms with Gasteiger partial charge in [0.2, 0.25) is 5.91 Å². The van der Waals surface area contributed by atoms with Crippen molar-refractivity contribution in [3.05, 3.63) is 34.9 Å². The Morgan fingerprint density at radius 2 is 2.05 bits per heavy atom. The number of halogens is 1. The zero-order valence-corrected chi connectivity index (χ0v) is 11.6. The average molecular weight is 284 g/mol. The number of carbonyl (C=O) groups excluding carboxylic acids is 1.